The van der Waals surface area contributed by atoms with Crippen LogP contribution in [-0.2, 0) is 38.4 Å². The number of carbonyl (C=O) groups is 8. The third-order valence-electron chi connectivity index (χ3n) is 10.4. The number of amides is 7. The molecule has 0 rings (SSSR count). The van der Waals surface area contributed by atoms with E-state index in [1.165, 1.54) is 83.8 Å². The fraction of sp³-hybridized carbons (Fsp3) is 0.767. The van der Waals surface area contributed by atoms with Gasteiger partial charge in [-0.3, -0.25) is 38.4 Å². The number of ketones is 1. The van der Waals surface area contributed by atoms with E-state index in [9.17, 15) is 48.6 Å². The lowest BCUT2D eigenvalue weighted by molar-refractivity contribution is -0.276. The molecule has 0 fully saturated rings. The van der Waals surface area contributed by atoms with Crippen molar-refractivity contribution in [2.75, 3.05) is 19.8 Å². The first kappa shape index (κ1) is 57.4. The Morgan fingerprint density at radius 2 is 0.935 bits per heavy atom. The van der Waals surface area contributed by atoms with E-state index in [2.05, 4.69) is 44.6 Å². The summed E-state index contributed by atoms with van der Waals surface area (Å²) in [6, 6.07) is -6.95. The topological polar surface area (TPSA) is 329 Å². The number of primary amides is 1. The van der Waals surface area contributed by atoms with Crippen molar-refractivity contribution in [2.24, 2.45) is 11.5 Å². The number of rotatable bonds is 38. The summed E-state index contributed by atoms with van der Waals surface area (Å²) in [6.07, 6.45) is 20.1. The SMILES string of the molecule is CCCCCCCCCCCCCCCCCC(=O)NCC(=O)N[C@@H](CO)C(=O)N[C@H](CCC(N)=O)C(=O)N[C@@H](C/C(N)=C/[NH3+])C(=O)N[C@@H](CO)C(=O)N[C@@H](CCCC)C(C)=O. The van der Waals surface area contributed by atoms with Crippen molar-refractivity contribution in [1.29, 1.82) is 0 Å². The molecule has 0 aliphatic carbocycles. The van der Waals surface area contributed by atoms with Gasteiger partial charge in [0.25, 0.3) is 0 Å². The van der Waals surface area contributed by atoms with E-state index >= 15 is 0 Å². The highest BCUT2D eigenvalue weighted by atomic mass is 16.3. The Kier molecular flexibility index (Phi) is 33.2. The maximum atomic E-state index is 13.5. The Morgan fingerprint density at radius 3 is 1.40 bits per heavy atom. The summed E-state index contributed by atoms with van der Waals surface area (Å²) >= 11 is 0. The van der Waals surface area contributed by atoms with Gasteiger partial charge in [0.15, 0.2) is 5.78 Å². The van der Waals surface area contributed by atoms with Gasteiger partial charge >= 0.3 is 0 Å². The van der Waals surface area contributed by atoms with Gasteiger partial charge in [0.05, 0.1) is 31.5 Å². The predicted molar refractivity (Wildman–Crippen MR) is 235 cm³/mol. The van der Waals surface area contributed by atoms with Crippen LogP contribution in [0.25, 0.3) is 0 Å². The molecule has 0 aliphatic rings. The maximum Gasteiger partial charge on any atom is 0.245 e. The summed E-state index contributed by atoms with van der Waals surface area (Å²) in [4.78, 5) is 102. The molecule has 15 N–H and O–H groups in total. The zero-order valence-corrected chi connectivity index (χ0v) is 37.7. The lowest BCUT2D eigenvalue weighted by Gasteiger charge is -2.26. The summed E-state index contributed by atoms with van der Waals surface area (Å²) in [6.45, 7) is 3.24. The van der Waals surface area contributed by atoms with Gasteiger partial charge in [0.1, 0.15) is 30.4 Å². The number of Topliss-reactive ketones (excluding diaryl/α,β-unsaturated/α-hetero) is 1. The lowest BCUT2D eigenvalue weighted by Crippen LogP contribution is -2.60. The van der Waals surface area contributed by atoms with Crippen molar-refractivity contribution >= 4 is 47.1 Å². The van der Waals surface area contributed by atoms with Crippen LogP contribution in [0.3, 0.4) is 0 Å². The van der Waals surface area contributed by atoms with Crippen molar-refractivity contribution in [3.8, 4) is 0 Å². The van der Waals surface area contributed by atoms with Crippen molar-refractivity contribution < 1.29 is 54.3 Å². The zero-order valence-electron chi connectivity index (χ0n) is 37.7. The molecule has 0 aromatic heterocycles. The molecule has 0 radical (unpaired) electrons. The van der Waals surface area contributed by atoms with Crippen LogP contribution in [0, 0.1) is 0 Å². The maximum absolute atomic E-state index is 13.5. The summed E-state index contributed by atoms with van der Waals surface area (Å²) in [5.74, 6) is -6.07. The molecule has 7 amide bonds. The average molecular weight is 883 g/mol. The molecule has 0 saturated carbocycles. The number of hydrogen-bond acceptors (Lipinski definition) is 11. The minimum Gasteiger partial charge on any atom is -0.398 e. The predicted octanol–water partition coefficient (Wildman–Crippen LogP) is 0.249. The second-order valence-corrected chi connectivity index (χ2v) is 15.9. The highest BCUT2D eigenvalue weighted by Gasteiger charge is 2.32. The van der Waals surface area contributed by atoms with Crippen LogP contribution in [0.5, 0.6) is 0 Å². The summed E-state index contributed by atoms with van der Waals surface area (Å²) < 4.78 is 0. The van der Waals surface area contributed by atoms with E-state index in [0.29, 0.717) is 19.3 Å². The lowest BCUT2D eigenvalue weighted by atomic mass is 10.0. The van der Waals surface area contributed by atoms with Gasteiger partial charge in [0.2, 0.25) is 41.4 Å². The van der Waals surface area contributed by atoms with E-state index < -0.39 is 85.4 Å². The largest absolute Gasteiger partial charge is 0.398 e. The summed E-state index contributed by atoms with van der Waals surface area (Å²) in [5.41, 5.74) is 14.8. The van der Waals surface area contributed by atoms with Gasteiger partial charge in [-0.15, -0.1) is 0 Å². The highest BCUT2D eigenvalue weighted by molar-refractivity contribution is 5.97. The Balaban J connectivity index is 5.17. The number of hydrogen-bond donors (Lipinski definition) is 11. The van der Waals surface area contributed by atoms with Crippen LogP contribution in [-0.4, -0.2) is 107 Å². The smallest absolute Gasteiger partial charge is 0.245 e. The number of carbonyl (C=O) groups excluding carboxylic acids is 8. The van der Waals surface area contributed by atoms with Crippen LogP contribution < -0.4 is 49.1 Å². The van der Waals surface area contributed by atoms with Gasteiger partial charge in [-0.25, -0.2) is 0 Å². The molecule has 0 aliphatic heterocycles. The molecule has 0 saturated heterocycles. The minimum atomic E-state index is -1.57. The molecule has 5 atom stereocenters. The third-order valence-corrected chi connectivity index (χ3v) is 10.4. The molecule has 19 nitrogen and oxygen atoms in total. The Bertz CT molecular complexity index is 1400. The normalized spacial score (nSPS) is 13.7. The van der Waals surface area contributed by atoms with Crippen molar-refractivity contribution in [2.45, 2.75) is 192 Å². The van der Waals surface area contributed by atoms with Gasteiger partial charge < -0.3 is 59.3 Å². The Morgan fingerprint density at radius 1 is 0.516 bits per heavy atom. The molecular weight excluding hydrogens is 803 g/mol. The second kappa shape index (κ2) is 35.9. The third kappa shape index (κ3) is 28.1. The standard InChI is InChI=1S/C43H79N9O10/c1-4-6-8-9-10-11-12-13-14-15-16-17-18-19-20-22-38(57)47-27-39(58)48-35(28-53)42(61)50-33(23-24-37(46)56)40(59)51-34(25-31(45)26-44)41(60)52-36(29-54)43(62)49-32(30(3)55)21-7-5-2/h26,32-36,53-54H,4-25,27-29,44-45H2,1-3H3,(H2,46,56)(H,47,57)(H,48,58)(H,49,62)(H,50,61)(H,51,59)(H,52,60)/p+1/b31-26-/t32-,33+,34-,35-,36-/m0/s1. The first-order valence-electron chi connectivity index (χ1n) is 22.6. The molecule has 62 heavy (non-hydrogen) atoms. The summed E-state index contributed by atoms with van der Waals surface area (Å²) in [7, 11) is 0. The van der Waals surface area contributed by atoms with Crippen molar-refractivity contribution in [1.82, 2.24) is 31.9 Å². The van der Waals surface area contributed by atoms with E-state index in [4.69, 9.17) is 11.5 Å². The van der Waals surface area contributed by atoms with Gasteiger partial charge in [0, 0.05) is 19.3 Å². The van der Waals surface area contributed by atoms with Crippen LogP contribution in [0.4, 0.5) is 0 Å². The minimum absolute atomic E-state index is 0.0503. The fourth-order valence-corrected chi connectivity index (χ4v) is 6.52. The van der Waals surface area contributed by atoms with Crippen molar-refractivity contribution in [3.63, 3.8) is 0 Å². The number of quaternary nitrogens is 1. The van der Waals surface area contributed by atoms with Crippen LogP contribution in [0.15, 0.2) is 11.9 Å². The van der Waals surface area contributed by atoms with E-state index in [1.807, 2.05) is 6.92 Å². The number of nitrogens with one attached hydrogen (secondary N) is 6. The van der Waals surface area contributed by atoms with E-state index in [0.717, 1.165) is 25.7 Å². The molecule has 0 bridgehead atoms. The monoisotopic (exact) mass is 883 g/mol. The number of unbranched alkanes of at least 4 members (excludes halogenated alkanes) is 15. The average Bonchev–Trinajstić information content (AvgIpc) is 3.24. The quantitative estimate of drug-likeness (QED) is 0.0374. The van der Waals surface area contributed by atoms with Gasteiger partial charge in [-0.2, -0.15) is 0 Å². The first-order valence-corrected chi connectivity index (χ1v) is 22.6. The van der Waals surface area contributed by atoms with Gasteiger partial charge in [-0.1, -0.05) is 117 Å². The number of aliphatic hydroxyl groups excluding tert-OH is 2. The second-order valence-electron chi connectivity index (χ2n) is 15.9. The van der Waals surface area contributed by atoms with Gasteiger partial charge in [-0.05, 0) is 26.2 Å². The highest BCUT2D eigenvalue weighted by Crippen LogP contribution is 2.14. The molecule has 356 valence electrons. The van der Waals surface area contributed by atoms with Crippen LogP contribution in [0.1, 0.15) is 162 Å². The van der Waals surface area contributed by atoms with E-state index in [1.54, 1.807) is 0 Å². The number of nitrogens with two attached hydrogens (primary N) is 2. The first-order chi connectivity index (χ1) is 29.6. The molecule has 0 unspecified atom stereocenters. The zero-order chi connectivity index (χ0) is 46.7. The number of aliphatic hydroxyl groups is 2. The Labute approximate surface area is 368 Å². The molecular formula is C43H80N9O10+. The molecule has 0 aromatic rings. The fourth-order valence-electron chi connectivity index (χ4n) is 6.52. The molecule has 0 spiro atoms. The van der Waals surface area contributed by atoms with E-state index in [-0.39, 0.29) is 43.1 Å². The molecule has 0 heterocycles. The molecule has 19 heteroatoms. The Hall–Kier alpha value is -4.62. The molecule has 0 aromatic carbocycles. The van der Waals surface area contributed by atoms with Crippen molar-refractivity contribution in [3.05, 3.63) is 11.9 Å². The summed E-state index contributed by atoms with van der Waals surface area (Å²) in [5, 5.41) is 34.3. The van der Waals surface area contributed by atoms with Crippen LogP contribution >= 0.6 is 0 Å². The van der Waals surface area contributed by atoms with Crippen LogP contribution in [0.2, 0.25) is 0 Å².